The van der Waals surface area contributed by atoms with Crippen molar-refractivity contribution in [3.05, 3.63) is 71.3 Å². The van der Waals surface area contributed by atoms with Gasteiger partial charge in [-0.15, -0.1) is 6.58 Å². The molecule has 2 heteroatoms. The summed E-state index contributed by atoms with van der Waals surface area (Å²) in [5.41, 5.74) is 4.02. The van der Waals surface area contributed by atoms with Gasteiger partial charge in [0.25, 0.3) is 0 Å². The lowest BCUT2D eigenvalue weighted by atomic mass is 9.87. The number of benzene rings is 2. The highest BCUT2D eigenvalue weighted by Crippen LogP contribution is 2.33. The third kappa shape index (κ3) is 2.85. The number of hydrogen-bond acceptors (Lipinski definition) is 2. The summed E-state index contributed by atoms with van der Waals surface area (Å²) < 4.78 is 0. The average Bonchev–Trinajstić information content (AvgIpc) is 2.43. The summed E-state index contributed by atoms with van der Waals surface area (Å²) in [5, 5.41) is 19.3. The Kier molecular flexibility index (Phi) is 4.14. The van der Waals surface area contributed by atoms with Gasteiger partial charge >= 0.3 is 0 Å². The molecule has 0 radical (unpaired) electrons. The van der Waals surface area contributed by atoms with E-state index in [9.17, 15) is 10.2 Å². The van der Waals surface area contributed by atoms with E-state index in [1.165, 1.54) is 0 Å². The van der Waals surface area contributed by atoms with E-state index in [1.54, 1.807) is 12.1 Å². The Morgan fingerprint density at radius 3 is 1.75 bits per heavy atom. The van der Waals surface area contributed by atoms with Crippen molar-refractivity contribution in [3.8, 4) is 11.5 Å². The van der Waals surface area contributed by atoms with Crippen molar-refractivity contribution in [2.75, 3.05) is 0 Å². The molecule has 2 nitrogen and oxygen atoms in total. The smallest absolute Gasteiger partial charge is 0.118 e. The molecule has 20 heavy (non-hydrogen) atoms. The molecule has 2 aromatic rings. The van der Waals surface area contributed by atoms with Crippen LogP contribution in [0.25, 0.3) is 0 Å². The number of aryl methyl sites for hydroxylation is 2. The molecule has 0 saturated carbocycles. The fourth-order valence-corrected chi connectivity index (χ4v) is 2.42. The fraction of sp³-hybridized carbons (Fsp3) is 0.222. The van der Waals surface area contributed by atoms with Crippen LogP contribution in [-0.2, 0) is 0 Å². The summed E-state index contributed by atoms with van der Waals surface area (Å²) in [4.78, 5) is 0. The van der Waals surface area contributed by atoms with Crippen molar-refractivity contribution in [3.63, 3.8) is 0 Å². The van der Waals surface area contributed by atoms with Crippen LogP contribution in [-0.4, -0.2) is 10.2 Å². The van der Waals surface area contributed by atoms with Crippen LogP contribution in [0, 0.1) is 13.8 Å². The normalized spacial score (nSPS) is 10.8. The van der Waals surface area contributed by atoms with Gasteiger partial charge in [-0.05, 0) is 54.7 Å². The Balaban J connectivity index is 2.46. The fourth-order valence-electron chi connectivity index (χ4n) is 2.42. The van der Waals surface area contributed by atoms with Crippen molar-refractivity contribution < 1.29 is 10.2 Å². The average molecular weight is 268 g/mol. The Bertz CT molecular complexity index is 578. The van der Waals surface area contributed by atoms with Gasteiger partial charge in [-0.1, -0.05) is 30.3 Å². The lowest BCUT2D eigenvalue weighted by Gasteiger charge is -2.18. The second kappa shape index (κ2) is 5.83. The summed E-state index contributed by atoms with van der Waals surface area (Å²) in [6, 6.07) is 11.4. The third-order valence-corrected chi connectivity index (χ3v) is 3.65. The van der Waals surface area contributed by atoms with Crippen LogP contribution in [0.4, 0.5) is 0 Å². The zero-order chi connectivity index (χ0) is 14.7. The van der Waals surface area contributed by atoms with Gasteiger partial charge in [-0.3, -0.25) is 0 Å². The summed E-state index contributed by atoms with van der Waals surface area (Å²) in [7, 11) is 0. The highest BCUT2D eigenvalue weighted by molar-refractivity contribution is 5.43. The molecule has 0 heterocycles. The van der Waals surface area contributed by atoms with E-state index in [2.05, 4.69) is 6.58 Å². The maximum absolute atomic E-state index is 9.65. The topological polar surface area (TPSA) is 40.5 Å². The highest BCUT2D eigenvalue weighted by atomic mass is 16.3. The first kappa shape index (κ1) is 14.2. The van der Waals surface area contributed by atoms with E-state index in [1.807, 2.05) is 44.2 Å². The van der Waals surface area contributed by atoms with Crippen LogP contribution in [0.5, 0.6) is 11.5 Å². The van der Waals surface area contributed by atoms with Crippen molar-refractivity contribution in [2.24, 2.45) is 0 Å². The standard InChI is InChI=1S/C18H20O2/c1-4-5-16(14-6-8-17(19)12(2)10-14)15-7-9-18(20)13(3)11-15/h4,6-11,16,19-20H,1,5H2,2-3H3. The number of allylic oxidation sites excluding steroid dienone is 1. The van der Waals surface area contributed by atoms with Gasteiger partial charge < -0.3 is 10.2 Å². The molecule has 0 amide bonds. The van der Waals surface area contributed by atoms with Crippen molar-refractivity contribution in [1.29, 1.82) is 0 Å². The monoisotopic (exact) mass is 268 g/mol. The molecule has 2 aromatic carbocycles. The molecule has 0 saturated heterocycles. The second-order valence-corrected chi connectivity index (χ2v) is 5.17. The molecular weight excluding hydrogens is 248 g/mol. The molecule has 2 rings (SSSR count). The van der Waals surface area contributed by atoms with Crippen molar-refractivity contribution in [1.82, 2.24) is 0 Å². The molecule has 0 fully saturated rings. The van der Waals surface area contributed by atoms with E-state index in [-0.39, 0.29) is 5.92 Å². The molecule has 0 spiro atoms. The van der Waals surface area contributed by atoms with E-state index in [0.717, 1.165) is 28.7 Å². The maximum atomic E-state index is 9.65. The third-order valence-electron chi connectivity index (χ3n) is 3.65. The molecule has 2 N–H and O–H groups in total. The van der Waals surface area contributed by atoms with Crippen molar-refractivity contribution in [2.45, 2.75) is 26.2 Å². The minimum atomic E-state index is 0.186. The minimum absolute atomic E-state index is 0.186. The minimum Gasteiger partial charge on any atom is -0.508 e. The first-order valence-electron chi connectivity index (χ1n) is 6.73. The Morgan fingerprint density at radius 2 is 1.40 bits per heavy atom. The Hall–Kier alpha value is -2.22. The van der Waals surface area contributed by atoms with Gasteiger partial charge in [0, 0.05) is 5.92 Å². The first-order chi connectivity index (χ1) is 9.52. The SMILES string of the molecule is C=CCC(c1ccc(O)c(C)c1)c1ccc(O)c(C)c1. The van der Waals surface area contributed by atoms with E-state index >= 15 is 0 Å². The van der Waals surface area contributed by atoms with E-state index in [4.69, 9.17) is 0 Å². The number of phenols is 2. The van der Waals surface area contributed by atoms with Crippen molar-refractivity contribution >= 4 is 0 Å². The van der Waals surface area contributed by atoms with Crippen LogP contribution in [0.1, 0.15) is 34.6 Å². The van der Waals surface area contributed by atoms with Gasteiger partial charge in [-0.2, -0.15) is 0 Å². The van der Waals surface area contributed by atoms with Gasteiger partial charge in [-0.25, -0.2) is 0 Å². The predicted octanol–water partition coefficient (Wildman–Crippen LogP) is 4.42. The molecular formula is C18H20O2. The Morgan fingerprint density at radius 1 is 0.950 bits per heavy atom. The molecule has 0 unspecified atom stereocenters. The molecule has 0 bridgehead atoms. The van der Waals surface area contributed by atoms with E-state index in [0.29, 0.717) is 11.5 Å². The van der Waals surface area contributed by atoms with Gasteiger partial charge in [0.15, 0.2) is 0 Å². The predicted molar refractivity (Wildman–Crippen MR) is 82.3 cm³/mol. The van der Waals surface area contributed by atoms with Crippen LogP contribution < -0.4 is 0 Å². The summed E-state index contributed by atoms with van der Waals surface area (Å²) >= 11 is 0. The maximum Gasteiger partial charge on any atom is 0.118 e. The van der Waals surface area contributed by atoms with E-state index < -0.39 is 0 Å². The quantitative estimate of drug-likeness (QED) is 0.806. The summed E-state index contributed by atoms with van der Waals surface area (Å²) in [6.07, 6.45) is 2.71. The molecule has 0 aromatic heterocycles. The molecule has 0 aliphatic heterocycles. The lowest BCUT2D eigenvalue weighted by molar-refractivity contribution is 0.470. The molecule has 0 aliphatic rings. The summed E-state index contributed by atoms with van der Waals surface area (Å²) in [5.74, 6) is 0.812. The Labute approximate surface area is 120 Å². The van der Waals surface area contributed by atoms with Gasteiger partial charge in [0.05, 0.1) is 0 Å². The zero-order valence-corrected chi connectivity index (χ0v) is 11.9. The second-order valence-electron chi connectivity index (χ2n) is 5.17. The number of hydrogen-bond donors (Lipinski definition) is 2. The summed E-state index contributed by atoms with van der Waals surface area (Å²) in [6.45, 7) is 7.62. The molecule has 0 aliphatic carbocycles. The van der Waals surface area contributed by atoms with Crippen LogP contribution in [0.2, 0.25) is 0 Å². The highest BCUT2D eigenvalue weighted by Gasteiger charge is 2.14. The number of phenolic OH excluding ortho intramolecular Hbond substituents is 2. The number of aromatic hydroxyl groups is 2. The lowest BCUT2D eigenvalue weighted by Crippen LogP contribution is -2.01. The van der Waals surface area contributed by atoms with Gasteiger partial charge in [0.2, 0.25) is 0 Å². The first-order valence-corrected chi connectivity index (χ1v) is 6.73. The number of rotatable bonds is 4. The largest absolute Gasteiger partial charge is 0.508 e. The van der Waals surface area contributed by atoms with Crippen LogP contribution in [0.3, 0.4) is 0 Å². The zero-order valence-electron chi connectivity index (χ0n) is 11.9. The van der Waals surface area contributed by atoms with Crippen LogP contribution >= 0.6 is 0 Å². The van der Waals surface area contributed by atoms with Crippen LogP contribution in [0.15, 0.2) is 49.1 Å². The molecule has 104 valence electrons. The van der Waals surface area contributed by atoms with Gasteiger partial charge in [0.1, 0.15) is 11.5 Å². The molecule has 0 atom stereocenters.